The van der Waals surface area contributed by atoms with Crippen LogP contribution in [-0.2, 0) is 4.79 Å². The summed E-state index contributed by atoms with van der Waals surface area (Å²) in [7, 11) is 0. The largest absolute Gasteiger partial charge is 0.480 e. The summed E-state index contributed by atoms with van der Waals surface area (Å²) in [6.07, 6.45) is 17.9. The zero-order valence-electron chi connectivity index (χ0n) is 16.3. The first kappa shape index (κ1) is 21.5. The van der Waals surface area contributed by atoms with Gasteiger partial charge in [-0.15, -0.1) is 0 Å². The van der Waals surface area contributed by atoms with Crippen LogP contribution >= 0.6 is 0 Å². The third-order valence-corrected chi connectivity index (χ3v) is 5.75. The molecule has 1 atom stereocenters. The molecule has 0 aromatic heterocycles. The monoisotopic (exact) mass is 339 g/mol. The van der Waals surface area contributed by atoms with Crippen molar-refractivity contribution in [1.29, 1.82) is 0 Å². The highest BCUT2D eigenvalue weighted by molar-refractivity contribution is 5.79. The number of rotatable bonds is 15. The van der Waals surface area contributed by atoms with E-state index in [-0.39, 0.29) is 0 Å². The van der Waals surface area contributed by atoms with Gasteiger partial charge in [0.1, 0.15) is 5.54 Å². The van der Waals surface area contributed by atoms with Crippen molar-refractivity contribution >= 4 is 5.97 Å². The van der Waals surface area contributed by atoms with E-state index in [9.17, 15) is 9.90 Å². The minimum atomic E-state index is -0.573. The maximum Gasteiger partial charge on any atom is 0.324 e. The third kappa shape index (κ3) is 7.13. The summed E-state index contributed by atoms with van der Waals surface area (Å²) >= 11 is 0. The van der Waals surface area contributed by atoms with Gasteiger partial charge in [0.15, 0.2) is 0 Å². The molecule has 0 spiro atoms. The normalized spacial score (nSPS) is 21.4. The number of carbonyl (C=O) groups is 1. The Morgan fingerprint density at radius 1 is 0.875 bits per heavy atom. The van der Waals surface area contributed by atoms with Gasteiger partial charge in [-0.05, 0) is 38.8 Å². The van der Waals surface area contributed by atoms with Crippen LogP contribution in [0.5, 0.6) is 0 Å². The molecular formula is C21H41NO2. The Morgan fingerprint density at radius 3 is 2.00 bits per heavy atom. The van der Waals surface area contributed by atoms with Crippen molar-refractivity contribution in [3.8, 4) is 0 Å². The molecule has 0 saturated carbocycles. The quantitative estimate of drug-likeness (QED) is 0.371. The molecule has 0 amide bonds. The molecule has 1 fully saturated rings. The van der Waals surface area contributed by atoms with Crippen LogP contribution in [0.1, 0.15) is 110 Å². The second-order valence-corrected chi connectivity index (χ2v) is 7.71. The van der Waals surface area contributed by atoms with Crippen molar-refractivity contribution < 1.29 is 9.90 Å². The fraction of sp³-hybridized carbons (Fsp3) is 0.952. The van der Waals surface area contributed by atoms with E-state index in [4.69, 9.17) is 0 Å². The van der Waals surface area contributed by atoms with Crippen LogP contribution in [0, 0.1) is 0 Å². The molecule has 0 aromatic carbocycles. The molecule has 1 saturated heterocycles. The average molecular weight is 340 g/mol. The molecule has 1 N–H and O–H groups in total. The Morgan fingerprint density at radius 2 is 1.42 bits per heavy atom. The third-order valence-electron chi connectivity index (χ3n) is 5.75. The molecule has 1 aliphatic rings. The number of carboxylic acids is 1. The van der Waals surface area contributed by atoms with Crippen LogP contribution in [-0.4, -0.2) is 34.6 Å². The summed E-state index contributed by atoms with van der Waals surface area (Å²) in [5.74, 6) is -0.573. The van der Waals surface area contributed by atoms with Crippen LogP contribution in [0.15, 0.2) is 0 Å². The molecule has 0 aromatic rings. The molecule has 1 rings (SSSR count). The van der Waals surface area contributed by atoms with E-state index in [0.29, 0.717) is 0 Å². The standard InChI is InChI=1S/C21H41NO2/c1-3-5-7-9-10-11-12-14-18-22-19-15-17-21(22,20(23)24)16-13-8-6-4-2/h3-19H2,1-2H3,(H,23,24)/t21-/m0/s1. The van der Waals surface area contributed by atoms with Crippen LogP contribution in [0.3, 0.4) is 0 Å². The summed E-state index contributed by atoms with van der Waals surface area (Å²) in [4.78, 5) is 14.3. The lowest BCUT2D eigenvalue weighted by atomic mass is 9.89. The van der Waals surface area contributed by atoms with E-state index in [1.165, 1.54) is 64.2 Å². The summed E-state index contributed by atoms with van der Waals surface area (Å²) in [5, 5.41) is 9.87. The number of unbranched alkanes of at least 4 members (excludes halogenated alkanes) is 10. The fourth-order valence-electron chi connectivity index (χ4n) is 4.17. The smallest absolute Gasteiger partial charge is 0.324 e. The molecule has 3 heteroatoms. The number of hydrogen-bond donors (Lipinski definition) is 1. The molecule has 0 aliphatic carbocycles. The molecule has 142 valence electrons. The van der Waals surface area contributed by atoms with E-state index in [1.807, 2.05) is 0 Å². The Bertz CT molecular complexity index is 332. The Labute approximate surface area is 150 Å². The van der Waals surface area contributed by atoms with Crippen LogP contribution in [0.4, 0.5) is 0 Å². The zero-order valence-corrected chi connectivity index (χ0v) is 16.3. The van der Waals surface area contributed by atoms with Crippen molar-refractivity contribution in [2.24, 2.45) is 0 Å². The van der Waals surface area contributed by atoms with Crippen LogP contribution in [0.25, 0.3) is 0 Å². The first-order valence-corrected chi connectivity index (χ1v) is 10.7. The van der Waals surface area contributed by atoms with E-state index in [0.717, 1.165) is 45.2 Å². The van der Waals surface area contributed by atoms with Crippen molar-refractivity contribution in [3.63, 3.8) is 0 Å². The van der Waals surface area contributed by atoms with Crippen molar-refractivity contribution in [3.05, 3.63) is 0 Å². The highest BCUT2D eigenvalue weighted by Gasteiger charge is 2.46. The van der Waals surface area contributed by atoms with E-state index in [2.05, 4.69) is 18.7 Å². The Balaban J connectivity index is 2.29. The highest BCUT2D eigenvalue weighted by atomic mass is 16.4. The predicted octanol–water partition coefficient (Wildman–Crippen LogP) is 6.02. The number of hydrogen-bond acceptors (Lipinski definition) is 2. The highest BCUT2D eigenvalue weighted by Crippen LogP contribution is 2.35. The van der Waals surface area contributed by atoms with Gasteiger partial charge in [-0.3, -0.25) is 9.69 Å². The number of aliphatic carboxylic acids is 1. The van der Waals surface area contributed by atoms with Crippen molar-refractivity contribution in [2.75, 3.05) is 13.1 Å². The van der Waals surface area contributed by atoms with E-state index >= 15 is 0 Å². The van der Waals surface area contributed by atoms with Gasteiger partial charge in [-0.2, -0.15) is 0 Å². The van der Waals surface area contributed by atoms with Crippen LogP contribution < -0.4 is 0 Å². The lowest BCUT2D eigenvalue weighted by Gasteiger charge is -2.35. The lowest BCUT2D eigenvalue weighted by molar-refractivity contribution is -0.150. The second kappa shape index (κ2) is 12.7. The molecule has 24 heavy (non-hydrogen) atoms. The van der Waals surface area contributed by atoms with Gasteiger partial charge < -0.3 is 5.11 Å². The number of carboxylic acid groups (broad SMARTS) is 1. The van der Waals surface area contributed by atoms with Gasteiger partial charge in [0, 0.05) is 0 Å². The van der Waals surface area contributed by atoms with Gasteiger partial charge in [0.25, 0.3) is 0 Å². The SMILES string of the molecule is CCCCCCCCCCN1CCC[C@@]1(CCCCCC)C(=O)O. The van der Waals surface area contributed by atoms with E-state index in [1.54, 1.807) is 0 Å². The summed E-state index contributed by atoms with van der Waals surface area (Å²) < 4.78 is 0. The molecule has 3 nitrogen and oxygen atoms in total. The van der Waals surface area contributed by atoms with Crippen molar-refractivity contribution in [2.45, 2.75) is 116 Å². The number of nitrogens with zero attached hydrogens (tertiary/aromatic N) is 1. The van der Waals surface area contributed by atoms with Gasteiger partial charge in [0.05, 0.1) is 0 Å². The van der Waals surface area contributed by atoms with Gasteiger partial charge in [0.2, 0.25) is 0 Å². The molecule has 0 radical (unpaired) electrons. The second-order valence-electron chi connectivity index (χ2n) is 7.71. The first-order valence-electron chi connectivity index (χ1n) is 10.7. The molecule has 1 aliphatic heterocycles. The Kier molecular flexibility index (Phi) is 11.4. The van der Waals surface area contributed by atoms with Crippen LogP contribution in [0.2, 0.25) is 0 Å². The topological polar surface area (TPSA) is 40.5 Å². The summed E-state index contributed by atoms with van der Waals surface area (Å²) in [6.45, 7) is 6.43. The molecule has 0 unspecified atom stereocenters. The lowest BCUT2D eigenvalue weighted by Crippen LogP contribution is -2.50. The Hall–Kier alpha value is -0.570. The molecule has 0 bridgehead atoms. The summed E-state index contributed by atoms with van der Waals surface area (Å²) in [6, 6.07) is 0. The molecular weight excluding hydrogens is 298 g/mol. The minimum Gasteiger partial charge on any atom is -0.480 e. The zero-order chi connectivity index (χ0) is 17.7. The van der Waals surface area contributed by atoms with Crippen molar-refractivity contribution in [1.82, 2.24) is 4.90 Å². The maximum atomic E-state index is 12.0. The average Bonchev–Trinajstić information content (AvgIpc) is 2.98. The van der Waals surface area contributed by atoms with Gasteiger partial charge in [-0.1, -0.05) is 84.5 Å². The van der Waals surface area contributed by atoms with Gasteiger partial charge >= 0.3 is 5.97 Å². The van der Waals surface area contributed by atoms with E-state index < -0.39 is 11.5 Å². The molecule has 1 heterocycles. The minimum absolute atomic E-state index is 0.547. The first-order chi connectivity index (χ1) is 11.7. The summed E-state index contributed by atoms with van der Waals surface area (Å²) in [5.41, 5.74) is -0.547. The maximum absolute atomic E-state index is 12.0. The fourth-order valence-corrected chi connectivity index (χ4v) is 4.17. The van der Waals surface area contributed by atoms with Gasteiger partial charge in [-0.25, -0.2) is 0 Å². The number of likely N-dealkylation sites (tertiary alicyclic amines) is 1. The predicted molar refractivity (Wildman–Crippen MR) is 103 cm³/mol.